The van der Waals surface area contributed by atoms with Crippen LogP contribution in [0.15, 0.2) is 40.2 Å². The lowest BCUT2D eigenvalue weighted by molar-refractivity contribution is 0.553. The molecule has 6 nitrogen and oxygen atoms in total. The zero-order valence-electron chi connectivity index (χ0n) is 15.5. The topological polar surface area (TPSA) is 69.8 Å². The number of unbranched alkanes of at least 4 members (excludes halogenated alkanes) is 2. The predicted molar refractivity (Wildman–Crippen MR) is 103 cm³/mol. The van der Waals surface area contributed by atoms with E-state index in [1.54, 1.807) is 29.1 Å². The summed E-state index contributed by atoms with van der Waals surface area (Å²) < 4.78 is 2.93. The molecule has 0 radical (unpaired) electrons. The molecule has 0 fully saturated rings. The largest absolute Gasteiger partial charge is 0.332 e. The van der Waals surface area contributed by atoms with Gasteiger partial charge in [-0.25, -0.2) is 9.78 Å². The van der Waals surface area contributed by atoms with Crippen molar-refractivity contribution in [1.82, 2.24) is 19.1 Å². The van der Waals surface area contributed by atoms with Crippen molar-refractivity contribution < 1.29 is 0 Å². The number of fused-ring (bicyclic) bond motifs is 1. The van der Waals surface area contributed by atoms with Gasteiger partial charge in [0.2, 0.25) is 0 Å². The van der Waals surface area contributed by atoms with Crippen molar-refractivity contribution in [2.45, 2.75) is 53.1 Å². The van der Waals surface area contributed by atoms with Gasteiger partial charge in [0.05, 0.1) is 11.9 Å². The number of hydrogen-bond acceptors (Lipinski definition) is 4. The Kier molecular flexibility index (Phi) is 5.30. The van der Waals surface area contributed by atoms with E-state index < -0.39 is 0 Å². The monoisotopic (exact) mass is 352 g/mol. The van der Waals surface area contributed by atoms with Crippen LogP contribution in [0.5, 0.6) is 0 Å². The molecule has 0 atom stereocenters. The molecule has 0 bridgehead atoms. The van der Waals surface area contributed by atoms with Crippen LogP contribution in [0.4, 0.5) is 0 Å². The summed E-state index contributed by atoms with van der Waals surface area (Å²) in [4.78, 5) is 34.6. The zero-order valence-corrected chi connectivity index (χ0v) is 15.5. The normalized spacial score (nSPS) is 11.2. The summed E-state index contributed by atoms with van der Waals surface area (Å²) in [5.74, 6) is 0. The lowest BCUT2D eigenvalue weighted by Crippen LogP contribution is -2.40. The van der Waals surface area contributed by atoms with Crippen LogP contribution in [0.2, 0.25) is 0 Å². The molecule has 0 aliphatic heterocycles. The second-order valence-electron chi connectivity index (χ2n) is 6.66. The van der Waals surface area contributed by atoms with E-state index in [2.05, 4.69) is 16.9 Å². The first-order valence-electron chi connectivity index (χ1n) is 9.03. The Hall–Kier alpha value is -2.76. The van der Waals surface area contributed by atoms with Gasteiger partial charge >= 0.3 is 5.69 Å². The van der Waals surface area contributed by atoms with Gasteiger partial charge in [-0.2, -0.15) is 0 Å². The van der Waals surface area contributed by atoms with Gasteiger partial charge in [0.15, 0.2) is 0 Å². The van der Waals surface area contributed by atoms with Crippen molar-refractivity contribution in [2.75, 3.05) is 0 Å². The molecule has 0 aliphatic carbocycles. The quantitative estimate of drug-likeness (QED) is 0.640. The molecule has 3 aromatic heterocycles. The van der Waals surface area contributed by atoms with E-state index in [1.165, 1.54) is 4.57 Å². The van der Waals surface area contributed by atoms with E-state index in [0.717, 1.165) is 36.1 Å². The highest BCUT2D eigenvalue weighted by Gasteiger charge is 2.15. The first-order valence-corrected chi connectivity index (χ1v) is 9.03. The molecule has 3 rings (SSSR count). The van der Waals surface area contributed by atoms with Crippen molar-refractivity contribution in [3.63, 3.8) is 0 Å². The van der Waals surface area contributed by atoms with Crippen LogP contribution in [0.1, 0.15) is 43.0 Å². The van der Waals surface area contributed by atoms with Crippen molar-refractivity contribution in [1.29, 1.82) is 0 Å². The SMILES string of the molecule is CCCCCn1c(=O)n(Cc2cc(C)cnc2C)c(=O)c2cccnc21. The first kappa shape index (κ1) is 18.0. The molecule has 0 aliphatic rings. The number of rotatable bonds is 6. The minimum atomic E-state index is -0.307. The summed E-state index contributed by atoms with van der Waals surface area (Å²) in [5, 5.41) is 0.474. The fourth-order valence-corrected chi connectivity index (χ4v) is 3.14. The van der Waals surface area contributed by atoms with Crippen LogP contribution in [-0.4, -0.2) is 19.1 Å². The highest BCUT2D eigenvalue weighted by Crippen LogP contribution is 2.10. The summed E-state index contributed by atoms with van der Waals surface area (Å²) >= 11 is 0. The molecule has 0 spiro atoms. The lowest BCUT2D eigenvalue weighted by atomic mass is 10.1. The maximum atomic E-state index is 13.1. The summed E-state index contributed by atoms with van der Waals surface area (Å²) in [7, 11) is 0. The Morgan fingerprint density at radius 3 is 2.65 bits per heavy atom. The molecule has 0 unspecified atom stereocenters. The number of hydrogen-bond donors (Lipinski definition) is 0. The average molecular weight is 352 g/mol. The van der Waals surface area contributed by atoms with E-state index >= 15 is 0 Å². The van der Waals surface area contributed by atoms with Crippen molar-refractivity contribution in [3.8, 4) is 0 Å². The van der Waals surface area contributed by atoms with Crippen LogP contribution in [0, 0.1) is 13.8 Å². The summed E-state index contributed by atoms with van der Waals surface area (Å²) in [6, 6.07) is 5.44. The standard InChI is InChI=1S/C20H24N4O2/c1-4-5-6-10-23-18-17(8-7-9-21-18)19(25)24(20(23)26)13-16-11-14(2)12-22-15(16)3/h7-9,11-12H,4-6,10,13H2,1-3H3. The third-order valence-corrected chi connectivity index (χ3v) is 4.62. The Morgan fingerprint density at radius 1 is 1.08 bits per heavy atom. The number of pyridine rings is 2. The van der Waals surface area contributed by atoms with Gasteiger partial charge in [0, 0.05) is 24.6 Å². The number of nitrogens with zero attached hydrogens (tertiary/aromatic N) is 4. The summed E-state index contributed by atoms with van der Waals surface area (Å²) in [6.45, 7) is 6.74. The smallest absolute Gasteiger partial charge is 0.277 e. The maximum absolute atomic E-state index is 13.1. The van der Waals surface area contributed by atoms with Crippen molar-refractivity contribution >= 4 is 11.0 Å². The van der Waals surface area contributed by atoms with Crippen LogP contribution in [0.25, 0.3) is 11.0 Å². The van der Waals surface area contributed by atoms with Gasteiger partial charge in [0.1, 0.15) is 5.65 Å². The molecule has 0 saturated heterocycles. The third kappa shape index (κ3) is 3.45. The first-order chi connectivity index (χ1) is 12.5. The van der Waals surface area contributed by atoms with Gasteiger partial charge in [-0.15, -0.1) is 0 Å². The zero-order chi connectivity index (χ0) is 18.7. The summed E-state index contributed by atoms with van der Waals surface area (Å²) in [5.41, 5.74) is 2.57. The van der Waals surface area contributed by atoms with Crippen LogP contribution < -0.4 is 11.2 Å². The van der Waals surface area contributed by atoms with E-state index in [4.69, 9.17) is 0 Å². The number of aryl methyl sites for hydroxylation is 3. The minimum absolute atomic E-state index is 0.219. The van der Waals surface area contributed by atoms with E-state index in [1.807, 2.05) is 19.9 Å². The van der Waals surface area contributed by atoms with E-state index in [9.17, 15) is 9.59 Å². The Bertz CT molecular complexity index is 1050. The molecule has 3 aromatic rings. The van der Waals surface area contributed by atoms with Crippen LogP contribution in [-0.2, 0) is 13.1 Å². The van der Waals surface area contributed by atoms with Crippen LogP contribution in [0.3, 0.4) is 0 Å². The van der Waals surface area contributed by atoms with E-state index in [-0.39, 0.29) is 17.8 Å². The molecule has 136 valence electrons. The van der Waals surface area contributed by atoms with Gasteiger partial charge in [-0.1, -0.05) is 25.8 Å². The Labute approximate surface area is 152 Å². The Balaban J connectivity index is 2.17. The molecule has 3 heterocycles. The molecule has 0 saturated carbocycles. The second kappa shape index (κ2) is 7.64. The van der Waals surface area contributed by atoms with Gasteiger partial charge in [-0.3, -0.25) is 18.9 Å². The van der Waals surface area contributed by atoms with Gasteiger partial charge in [-0.05, 0) is 43.5 Å². The highest BCUT2D eigenvalue weighted by atomic mass is 16.2. The fourth-order valence-electron chi connectivity index (χ4n) is 3.14. The molecular weight excluding hydrogens is 328 g/mol. The molecule has 26 heavy (non-hydrogen) atoms. The van der Waals surface area contributed by atoms with E-state index in [0.29, 0.717) is 17.6 Å². The fraction of sp³-hybridized carbons (Fsp3) is 0.400. The van der Waals surface area contributed by atoms with Gasteiger partial charge < -0.3 is 0 Å². The third-order valence-electron chi connectivity index (χ3n) is 4.62. The summed E-state index contributed by atoms with van der Waals surface area (Å²) in [6.07, 6.45) is 6.38. The highest BCUT2D eigenvalue weighted by molar-refractivity contribution is 5.73. The lowest BCUT2D eigenvalue weighted by Gasteiger charge is -2.14. The Morgan fingerprint density at radius 2 is 1.88 bits per heavy atom. The van der Waals surface area contributed by atoms with Gasteiger partial charge in [0.25, 0.3) is 5.56 Å². The minimum Gasteiger partial charge on any atom is -0.277 e. The molecular formula is C20H24N4O2. The van der Waals surface area contributed by atoms with Crippen LogP contribution >= 0.6 is 0 Å². The number of aromatic nitrogens is 4. The van der Waals surface area contributed by atoms with Crippen molar-refractivity contribution in [3.05, 3.63) is 68.3 Å². The maximum Gasteiger partial charge on any atom is 0.332 e. The molecule has 6 heteroatoms. The average Bonchev–Trinajstić information content (AvgIpc) is 2.64. The predicted octanol–water partition coefficient (Wildman–Crippen LogP) is 2.81. The molecule has 0 amide bonds. The van der Waals surface area contributed by atoms with Crippen molar-refractivity contribution in [2.24, 2.45) is 0 Å². The molecule has 0 aromatic carbocycles. The molecule has 0 N–H and O–H groups in total. The second-order valence-corrected chi connectivity index (χ2v) is 6.66.